The third kappa shape index (κ3) is 7.80. The van der Waals surface area contributed by atoms with Crippen LogP contribution in [0.1, 0.15) is 119 Å². The molecule has 0 amide bonds. The summed E-state index contributed by atoms with van der Waals surface area (Å²) in [4.78, 5) is 15.3. The number of ether oxygens (including phenoxy) is 1. The number of phenolic OH excluding ortho intramolecular Hbond substituents is 2. The average molecular weight is 992 g/mol. The first-order chi connectivity index (χ1) is 32.9. The molecule has 1 saturated heterocycles. The molecule has 7 atom stereocenters. The maximum absolute atomic E-state index is 15.3. The van der Waals surface area contributed by atoms with Crippen LogP contribution in [0.3, 0.4) is 0 Å². The average Bonchev–Trinajstić information content (AvgIpc) is 3.35. The Labute approximate surface area is 411 Å². The summed E-state index contributed by atoms with van der Waals surface area (Å²) in [7, 11) is 8.66. The lowest BCUT2D eigenvalue weighted by Crippen LogP contribution is -2.39. The number of phenols is 2. The van der Waals surface area contributed by atoms with Crippen LogP contribution in [0.15, 0.2) is 63.8 Å². The first-order valence-electron chi connectivity index (χ1n) is 23.9. The highest BCUT2D eigenvalue weighted by molar-refractivity contribution is 8.77. The Bertz CT molecular complexity index is 3050. The summed E-state index contributed by atoms with van der Waals surface area (Å²) in [5.74, 6) is 0.994. The van der Waals surface area contributed by atoms with Crippen LogP contribution in [0.2, 0.25) is 0 Å². The van der Waals surface area contributed by atoms with Gasteiger partial charge in [0, 0.05) is 59.4 Å². The van der Waals surface area contributed by atoms with Crippen molar-refractivity contribution in [1.29, 1.82) is 0 Å². The maximum atomic E-state index is 15.3. The summed E-state index contributed by atoms with van der Waals surface area (Å²) < 4.78 is 13.7. The van der Waals surface area contributed by atoms with Crippen molar-refractivity contribution in [3.8, 4) is 45.4 Å². The van der Waals surface area contributed by atoms with Crippen molar-refractivity contribution in [1.82, 2.24) is 5.32 Å². The van der Waals surface area contributed by atoms with Crippen LogP contribution in [0.5, 0.6) is 23.0 Å². The topological polar surface area (TPSA) is 173 Å². The molecule has 10 nitrogen and oxygen atoms in total. The molecule has 7 N–H and O–H groups in total. The summed E-state index contributed by atoms with van der Waals surface area (Å²) in [6.45, 7) is 4.17. The number of aromatic hydroxyl groups is 3. The van der Waals surface area contributed by atoms with Gasteiger partial charge in [-0.15, -0.1) is 0 Å². The molecule has 5 aliphatic rings. The van der Waals surface area contributed by atoms with Crippen LogP contribution in [-0.2, 0) is 25.0 Å². The van der Waals surface area contributed by atoms with E-state index in [9.17, 15) is 30.6 Å². The number of benzene rings is 5. The highest BCUT2D eigenvalue weighted by atomic mass is 33.1. The van der Waals surface area contributed by atoms with E-state index in [1.807, 2.05) is 19.2 Å². The van der Waals surface area contributed by atoms with E-state index < -0.39 is 35.4 Å². The fraction of sp³-hybridized carbons (Fsp3) is 0.426. The van der Waals surface area contributed by atoms with Crippen molar-refractivity contribution in [2.45, 2.75) is 112 Å². The normalized spacial score (nSPS) is 24.4. The molecule has 11 rings (SSSR count). The van der Waals surface area contributed by atoms with Gasteiger partial charge >= 0.3 is 0 Å². The van der Waals surface area contributed by atoms with Gasteiger partial charge in [0.2, 0.25) is 11.2 Å². The molecule has 2 aliphatic carbocycles. The number of hydrogen-bond donors (Lipinski definition) is 7. The smallest absolute Gasteiger partial charge is 0.238 e. The largest absolute Gasteiger partial charge is 0.507 e. The van der Waals surface area contributed by atoms with E-state index in [-0.39, 0.29) is 75.7 Å². The molecule has 68 heavy (non-hydrogen) atoms. The van der Waals surface area contributed by atoms with Gasteiger partial charge in [-0.25, -0.2) is 0 Å². The van der Waals surface area contributed by atoms with Crippen molar-refractivity contribution >= 4 is 64.9 Å². The van der Waals surface area contributed by atoms with E-state index in [0.717, 1.165) is 68.5 Å². The molecule has 1 aromatic heterocycles. The van der Waals surface area contributed by atoms with Gasteiger partial charge in [0.25, 0.3) is 0 Å². The Morgan fingerprint density at radius 3 is 2.56 bits per heavy atom. The van der Waals surface area contributed by atoms with E-state index in [1.54, 1.807) is 43.2 Å². The van der Waals surface area contributed by atoms with E-state index in [0.29, 0.717) is 60.1 Å². The number of aryl methyl sites for hydroxylation is 1. The minimum Gasteiger partial charge on any atom is -0.507 e. The van der Waals surface area contributed by atoms with Gasteiger partial charge in [-0.2, -0.15) is 0 Å². The van der Waals surface area contributed by atoms with E-state index in [2.05, 4.69) is 55.6 Å². The molecule has 3 aliphatic heterocycles. The molecule has 356 valence electrons. The first kappa shape index (κ1) is 46.4. The summed E-state index contributed by atoms with van der Waals surface area (Å²) in [5, 5.41) is 77.3. The molecule has 5 bridgehead atoms. The Kier molecular flexibility index (Phi) is 12.7. The maximum Gasteiger partial charge on any atom is 0.238 e. The molecule has 6 aromatic rings. The molecule has 0 radical (unpaired) electrons. The third-order valence-electron chi connectivity index (χ3n) is 15.1. The lowest BCUT2D eigenvalue weighted by atomic mass is 9.68. The molecule has 14 heteroatoms. The summed E-state index contributed by atoms with van der Waals surface area (Å²) in [6, 6.07) is 18.2. The van der Waals surface area contributed by atoms with Crippen molar-refractivity contribution in [3.63, 3.8) is 0 Å². The molecular weight excluding hydrogens is 935 g/mol. The van der Waals surface area contributed by atoms with Gasteiger partial charge in [0.15, 0.2) is 5.76 Å². The van der Waals surface area contributed by atoms with Crippen molar-refractivity contribution < 1.29 is 39.8 Å². The first-order valence-corrected chi connectivity index (χ1v) is 28.8. The number of nitrogens with one attached hydrogen (secondary N) is 1. The van der Waals surface area contributed by atoms with Crippen LogP contribution in [0.25, 0.3) is 44.2 Å². The molecule has 4 heterocycles. The zero-order chi connectivity index (χ0) is 47.1. The van der Waals surface area contributed by atoms with Gasteiger partial charge in [-0.1, -0.05) is 93.4 Å². The Hall–Kier alpha value is -3.99. The summed E-state index contributed by atoms with van der Waals surface area (Å²) in [5.41, 5.74) is 9.01. The zero-order valence-corrected chi connectivity index (χ0v) is 41.6. The number of fused-ring (bicyclic) bond motifs is 10. The zero-order valence-electron chi connectivity index (χ0n) is 38.3. The Balaban J connectivity index is 1.18. The van der Waals surface area contributed by atoms with Crippen molar-refractivity contribution in [2.24, 2.45) is 5.92 Å². The van der Waals surface area contributed by atoms with Crippen molar-refractivity contribution in [2.75, 3.05) is 25.2 Å². The van der Waals surface area contributed by atoms with E-state index >= 15 is 4.79 Å². The minimum absolute atomic E-state index is 0.00243. The molecule has 5 aromatic carbocycles. The highest BCUT2D eigenvalue weighted by Crippen LogP contribution is 2.61. The van der Waals surface area contributed by atoms with Gasteiger partial charge in [-0.05, 0) is 137 Å². The quantitative estimate of drug-likeness (QED) is 0.0786. The van der Waals surface area contributed by atoms with Crippen LogP contribution in [-0.4, -0.2) is 74.1 Å². The highest BCUT2D eigenvalue weighted by Gasteiger charge is 2.46. The Morgan fingerprint density at radius 2 is 1.75 bits per heavy atom. The predicted octanol–water partition coefficient (Wildman–Crippen LogP) is 10.9. The second kappa shape index (κ2) is 18.6. The molecule has 0 unspecified atom stereocenters. The molecule has 0 saturated carbocycles. The third-order valence-corrected chi connectivity index (χ3v) is 20.2. The monoisotopic (exact) mass is 991 g/mol. The second-order valence-electron chi connectivity index (χ2n) is 19.7. The minimum atomic E-state index is -0.973. The number of aliphatic hydroxyl groups is 3. The standard InChI is InChI=1S/C54H57NO9S4/c1-25(2)16-30-19-34(37-23-66-67-24-38(55-3)29-7-4-6-26(17-29)18-33(37)48(30)59)52-51(62)50(61)47-42(64-52)22-40(58)45-35-20-32-27(13-14-56)9-10-28-11-12-31-46(43(28)32)44(35)36-21-41(63-53(45)47)39(57)8-5-15-65-68-54(31)49(36)60/h4,6-7,11-12,17,19-20,22,25,27,36,38-39,41,49,54-60,62H,5,8-10,13-16,18,21,23-24H2,1-3H3/t27-,36-,38+,39-,41-,49+,54+/m0/s1. The Morgan fingerprint density at radius 1 is 0.897 bits per heavy atom. The summed E-state index contributed by atoms with van der Waals surface area (Å²) in [6.07, 6.45) is 1.83. The number of aliphatic hydroxyl groups excluding tert-OH is 3. The second-order valence-corrected chi connectivity index (χ2v) is 24.8. The van der Waals surface area contributed by atoms with E-state index in [1.165, 1.54) is 11.6 Å². The van der Waals surface area contributed by atoms with Crippen LogP contribution in [0, 0.1) is 5.92 Å². The predicted molar refractivity (Wildman–Crippen MR) is 278 cm³/mol. The van der Waals surface area contributed by atoms with Crippen LogP contribution < -0.4 is 15.5 Å². The van der Waals surface area contributed by atoms with Gasteiger partial charge in [0.1, 0.15) is 34.3 Å². The van der Waals surface area contributed by atoms with Gasteiger partial charge < -0.3 is 45.1 Å². The fourth-order valence-electron chi connectivity index (χ4n) is 11.8. The molecule has 0 spiro atoms. The van der Waals surface area contributed by atoms with E-state index in [4.69, 9.17) is 9.15 Å². The molecule has 1 fully saturated rings. The lowest BCUT2D eigenvalue weighted by Gasteiger charge is -2.42. The summed E-state index contributed by atoms with van der Waals surface area (Å²) >= 11 is 0. The fourth-order valence-corrected chi connectivity index (χ4v) is 17.1. The van der Waals surface area contributed by atoms with Crippen molar-refractivity contribution in [3.05, 3.63) is 115 Å². The van der Waals surface area contributed by atoms with Gasteiger partial charge in [-0.3, -0.25) is 4.79 Å². The van der Waals surface area contributed by atoms with Crippen LogP contribution in [0.4, 0.5) is 0 Å². The van der Waals surface area contributed by atoms with Crippen LogP contribution >= 0.6 is 43.2 Å². The van der Waals surface area contributed by atoms with Gasteiger partial charge in [0.05, 0.1) is 23.0 Å². The number of hydrogen-bond acceptors (Lipinski definition) is 14. The lowest BCUT2D eigenvalue weighted by molar-refractivity contribution is 0.00975. The SMILES string of the molecule is CN[C@@H]1CSSCc2c(-c3oc4cc(O)c5c(c4c(=O)c3O)O[C@H]3C[C@H]4c6c-5cc5c7c(ccc(c67)[C@@H](SSCCC[C@@H]3O)[C@@H]4O)CC[C@H]5CCO)cc(CC(C)C)c(O)c2Cc2cccc1c2. The number of rotatable bonds is 6. The molecular formula is C54H57NO9S4.